The second kappa shape index (κ2) is 10.4. The summed E-state index contributed by atoms with van der Waals surface area (Å²) >= 11 is 1.61. The van der Waals surface area contributed by atoms with E-state index in [1.54, 1.807) is 25.4 Å². The van der Waals surface area contributed by atoms with Gasteiger partial charge in [0.1, 0.15) is 18.2 Å². The van der Waals surface area contributed by atoms with Crippen LogP contribution >= 0.6 is 11.3 Å². The normalized spacial score (nSPS) is 24.1. The van der Waals surface area contributed by atoms with Crippen LogP contribution in [-0.4, -0.2) is 30.6 Å². The number of aliphatic hydroxyl groups excluding tert-OH is 1. The minimum atomic E-state index is -0.776. The fourth-order valence-corrected chi connectivity index (χ4v) is 6.47. The molecule has 4 rings (SSSR count). The molecule has 0 bridgehead atoms. The maximum absolute atomic E-state index is 13.0. The Morgan fingerprint density at radius 1 is 1.21 bits per heavy atom. The number of benzene rings is 1. The van der Waals surface area contributed by atoms with Crippen LogP contribution in [0.2, 0.25) is 0 Å². The number of cyclic esters (lactones) is 1. The lowest BCUT2D eigenvalue weighted by Crippen LogP contribution is -2.52. The van der Waals surface area contributed by atoms with E-state index in [4.69, 9.17) is 14.2 Å². The molecular weight excluding hydrogens is 436 g/mol. The van der Waals surface area contributed by atoms with E-state index in [1.807, 2.05) is 24.3 Å². The Hall–Kier alpha value is -2.15. The Morgan fingerprint density at radius 2 is 1.97 bits per heavy atom. The third kappa shape index (κ3) is 5.03. The van der Waals surface area contributed by atoms with E-state index < -0.39 is 11.6 Å². The molecule has 0 radical (unpaired) electrons. The van der Waals surface area contributed by atoms with Gasteiger partial charge in [0.15, 0.2) is 0 Å². The van der Waals surface area contributed by atoms with Crippen LogP contribution in [0.5, 0.6) is 0 Å². The summed E-state index contributed by atoms with van der Waals surface area (Å²) in [6.07, 6.45) is 4.67. The lowest BCUT2D eigenvalue weighted by atomic mass is 9.67. The largest absolute Gasteiger partial charge is 0.511 e. The van der Waals surface area contributed by atoms with Gasteiger partial charge in [-0.3, -0.25) is 0 Å². The van der Waals surface area contributed by atoms with Gasteiger partial charge in [-0.1, -0.05) is 37.3 Å². The molecule has 3 atom stereocenters. The van der Waals surface area contributed by atoms with Crippen molar-refractivity contribution in [1.82, 2.24) is 0 Å². The van der Waals surface area contributed by atoms with Crippen LogP contribution < -0.4 is 0 Å². The topological polar surface area (TPSA) is 65.0 Å². The number of carbonyl (C=O) groups is 1. The summed E-state index contributed by atoms with van der Waals surface area (Å²) in [6, 6.07) is 14.4. The van der Waals surface area contributed by atoms with Gasteiger partial charge in [-0.05, 0) is 62.6 Å². The molecule has 5 nitrogen and oxygen atoms in total. The van der Waals surface area contributed by atoms with E-state index >= 15 is 0 Å². The Bertz CT molecular complexity index is 977. The highest BCUT2D eigenvalue weighted by molar-refractivity contribution is 7.12. The van der Waals surface area contributed by atoms with Crippen molar-refractivity contribution < 1.29 is 24.1 Å². The predicted octanol–water partition coefficient (Wildman–Crippen LogP) is 6.15. The third-order valence-electron chi connectivity index (χ3n) is 7.05. The summed E-state index contributed by atoms with van der Waals surface area (Å²) in [4.78, 5) is 15.1. The van der Waals surface area contributed by atoms with Gasteiger partial charge < -0.3 is 19.3 Å². The van der Waals surface area contributed by atoms with Crippen LogP contribution in [-0.2, 0) is 32.0 Å². The zero-order valence-corrected chi connectivity index (χ0v) is 20.5. The first-order valence-corrected chi connectivity index (χ1v) is 12.6. The van der Waals surface area contributed by atoms with Gasteiger partial charge in [0.05, 0.1) is 18.1 Å². The average molecular weight is 471 g/mol. The lowest BCUT2D eigenvalue weighted by Gasteiger charge is -2.48. The molecular formula is C27H34O5S. The number of thiophene rings is 1. The SMILES string of the molecule is CCC(C1CC1)C1(CCc2ccccc2)OC(=O)C(C)=C(O)C1c1ccc(COCOC)s1. The molecule has 1 aromatic carbocycles. The van der Waals surface area contributed by atoms with E-state index in [0.717, 1.165) is 35.4 Å². The van der Waals surface area contributed by atoms with Crippen LogP contribution in [0.15, 0.2) is 53.8 Å². The molecule has 1 fully saturated rings. The standard InChI is InChI=1S/C27H34O5S/c1-4-22(20-10-11-20)27(15-14-19-8-6-5-7-9-19)24(25(28)18(2)26(29)32-27)23-13-12-21(33-23)16-31-17-30-3/h5-9,12-13,20,22,24,28H,4,10-11,14-17H2,1-3H3. The highest BCUT2D eigenvalue weighted by Crippen LogP contribution is 2.56. The van der Waals surface area contributed by atoms with Gasteiger partial charge >= 0.3 is 5.97 Å². The Balaban J connectivity index is 1.75. The molecule has 178 valence electrons. The number of hydrogen-bond acceptors (Lipinski definition) is 6. The molecule has 0 amide bonds. The van der Waals surface area contributed by atoms with Gasteiger partial charge in [-0.25, -0.2) is 4.79 Å². The minimum Gasteiger partial charge on any atom is -0.511 e. The quantitative estimate of drug-likeness (QED) is 0.242. The third-order valence-corrected chi connectivity index (χ3v) is 8.18. The van der Waals surface area contributed by atoms with Crippen LogP contribution in [0.3, 0.4) is 0 Å². The Labute approximate surface area is 200 Å². The van der Waals surface area contributed by atoms with Crippen molar-refractivity contribution in [2.45, 2.75) is 64.1 Å². The zero-order valence-electron chi connectivity index (χ0n) is 19.7. The Kier molecular flexibility index (Phi) is 7.57. The molecule has 0 spiro atoms. The number of ether oxygens (including phenoxy) is 3. The maximum atomic E-state index is 13.0. The van der Waals surface area contributed by atoms with Gasteiger partial charge in [0.25, 0.3) is 0 Å². The number of methoxy groups -OCH3 is 1. The van der Waals surface area contributed by atoms with Crippen LogP contribution in [0, 0.1) is 11.8 Å². The van der Waals surface area contributed by atoms with E-state index in [1.165, 1.54) is 5.56 Å². The lowest BCUT2D eigenvalue weighted by molar-refractivity contribution is -0.173. The number of esters is 1. The number of hydrogen-bond donors (Lipinski definition) is 1. The number of rotatable bonds is 11. The van der Waals surface area contributed by atoms with Crippen molar-refractivity contribution in [1.29, 1.82) is 0 Å². The second-order valence-corrected chi connectivity index (χ2v) is 10.4. The van der Waals surface area contributed by atoms with Gasteiger partial charge in [0, 0.05) is 22.8 Å². The predicted molar refractivity (Wildman–Crippen MR) is 129 cm³/mol. The second-order valence-electron chi connectivity index (χ2n) is 9.18. The maximum Gasteiger partial charge on any atom is 0.337 e. The first kappa shape index (κ1) is 24.0. The summed E-state index contributed by atoms with van der Waals surface area (Å²) in [5.41, 5.74) is 0.747. The van der Waals surface area contributed by atoms with Gasteiger partial charge in [-0.15, -0.1) is 11.3 Å². The molecule has 2 heterocycles. The zero-order chi connectivity index (χ0) is 23.4. The van der Waals surface area contributed by atoms with Crippen molar-refractivity contribution in [2.24, 2.45) is 11.8 Å². The van der Waals surface area contributed by atoms with Crippen LogP contribution in [0.4, 0.5) is 0 Å². The van der Waals surface area contributed by atoms with Crippen LogP contribution in [0.1, 0.15) is 60.8 Å². The molecule has 1 aliphatic heterocycles. The first-order valence-electron chi connectivity index (χ1n) is 11.8. The molecule has 1 saturated carbocycles. The molecule has 2 aromatic rings. The van der Waals surface area contributed by atoms with Crippen molar-refractivity contribution in [3.05, 3.63) is 69.1 Å². The van der Waals surface area contributed by atoms with Crippen molar-refractivity contribution in [2.75, 3.05) is 13.9 Å². The highest BCUT2D eigenvalue weighted by atomic mass is 32.1. The molecule has 6 heteroatoms. The van der Waals surface area contributed by atoms with E-state index in [2.05, 4.69) is 25.1 Å². The number of carbonyl (C=O) groups excluding carboxylic acids is 1. The fraction of sp³-hybridized carbons (Fsp3) is 0.519. The monoisotopic (exact) mass is 470 g/mol. The molecule has 0 saturated heterocycles. The van der Waals surface area contributed by atoms with E-state index in [9.17, 15) is 9.90 Å². The summed E-state index contributed by atoms with van der Waals surface area (Å²) in [5.74, 6) is 0.115. The van der Waals surface area contributed by atoms with Gasteiger partial charge in [0.2, 0.25) is 0 Å². The molecule has 3 unspecified atom stereocenters. The minimum absolute atomic E-state index is 0.157. The number of aryl methyl sites for hydroxylation is 1. The van der Waals surface area contributed by atoms with Crippen molar-refractivity contribution in [3.63, 3.8) is 0 Å². The van der Waals surface area contributed by atoms with Crippen molar-refractivity contribution in [3.8, 4) is 0 Å². The highest BCUT2D eigenvalue weighted by Gasteiger charge is 2.57. The molecule has 33 heavy (non-hydrogen) atoms. The summed E-state index contributed by atoms with van der Waals surface area (Å²) in [6.45, 7) is 4.53. The van der Waals surface area contributed by atoms with Crippen molar-refractivity contribution >= 4 is 17.3 Å². The first-order chi connectivity index (χ1) is 16.0. The molecule has 1 aromatic heterocycles. The van der Waals surface area contributed by atoms with Gasteiger partial charge in [-0.2, -0.15) is 0 Å². The molecule has 1 aliphatic carbocycles. The summed E-state index contributed by atoms with van der Waals surface area (Å²) in [5, 5.41) is 11.4. The Morgan fingerprint density at radius 3 is 2.64 bits per heavy atom. The summed E-state index contributed by atoms with van der Waals surface area (Å²) in [7, 11) is 1.60. The smallest absolute Gasteiger partial charge is 0.337 e. The fourth-order valence-electron chi connectivity index (χ4n) is 5.32. The molecule has 1 N–H and O–H groups in total. The van der Waals surface area contributed by atoms with E-state index in [-0.39, 0.29) is 24.4 Å². The van der Waals surface area contributed by atoms with Crippen LogP contribution in [0.25, 0.3) is 0 Å². The molecule has 2 aliphatic rings. The average Bonchev–Trinajstić information content (AvgIpc) is 3.55. The van der Waals surface area contributed by atoms with E-state index in [0.29, 0.717) is 24.5 Å². The number of aliphatic hydroxyl groups is 1. The summed E-state index contributed by atoms with van der Waals surface area (Å²) < 4.78 is 16.9.